The Labute approximate surface area is 302 Å². The van der Waals surface area contributed by atoms with Crippen molar-refractivity contribution in [3.05, 3.63) is 152 Å². The zero-order chi connectivity index (χ0) is 31.7. The van der Waals surface area contributed by atoms with Gasteiger partial charge in [0.05, 0.1) is 0 Å². The molecule has 0 bridgehead atoms. The van der Waals surface area contributed by atoms with Crippen LogP contribution in [-0.4, -0.2) is 24.5 Å². The van der Waals surface area contributed by atoms with E-state index < -0.39 is 0 Å². The van der Waals surface area contributed by atoms with Gasteiger partial charge in [-0.2, -0.15) is 22.9 Å². The zero-order valence-corrected chi connectivity index (χ0v) is 28.0. The minimum absolute atomic E-state index is 0. The number of nitrogens with zero attached hydrogens (tertiary/aromatic N) is 5. The van der Waals surface area contributed by atoms with Gasteiger partial charge in [0.1, 0.15) is 0 Å². The van der Waals surface area contributed by atoms with Crippen molar-refractivity contribution < 1.29 is 53.7 Å². The predicted molar refractivity (Wildman–Crippen MR) is 171 cm³/mol. The fourth-order valence-electron chi connectivity index (χ4n) is 5.03. The summed E-state index contributed by atoms with van der Waals surface area (Å²) in [5, 5.41) is 1.76. The van der Waals surface area contributed by atoms with Crippen LogP contribution in [0.3, 0.4) is 0 Å². The molecule has 0 unspecified atom stereocenters. The van der Waals surface area contributed by atoms with Crippen molar-refractivity contribution in [3.8, 4) is 51.5 Å². The molecule has 7 nitrogen and oxygen atoms in total. The standard InChI is InChI=1S/C38H21N5O2.Pd.Pt/c1-3-18-39-34(12-1)26-8-5-10-28(22-26)44-30-14-16-32-33-17-15-31(25-37(33)43(36(32)24-30)38-41-20-7-21-42-38)45-29-11-6-9-27(23-29)35-13-2-4-19-40-35;;/h1-21H;;/q-4;2*+2/i5D,6D;;. The summed E-state index contributed by atoms with van der Waals surface area (Å²) in [6.45, 7) is 0. The molecule has 4 aromatic heterocycles. The average Bonchev–Trinajstić information content (AvgIpc) is 3.41. The molecule has 4 aromatic carbocycles. The minimum Gasteiger partial charge on any atom is -0.503 e. The molecule has 47 heavy (non-hydrogen) atoms. The van der Waals surface area contributed by atoms with Gasteiger partial charge in [0.15, 0.2) is 0 Å². The topological polar surface area (TPSA) is 75.0 Å². The second-order valence-electron chi connectivity index (χ2n) is 9.90. The molecule has 0 amide bonds. The molecule has 0 aliphatic rings. The van der Waals surface area contributed by atoms with E-state index in [4.69, 9.17) is 12.2 Å². The van der Waals surface area contributed by atoms with Crippen molar-refractivity contribution >= 4 is 21.8 Å². The maximum Gasteiger partial charge on any atom is 2.00 e. The first-order chi connectivity index (χ1) is 23.1. The molecular weight excluding hydrogens is 860 g/mol. The van der Waals surface area contributed by atoms with E-state index in [1.54, 1.807) is 55.1 Å². The molecule has 0 aliphatic heterocycles. The van der Waals surface area contributed by atoms with Gasteiger partial charge >= 0.3 is 41.5 Å². The van der Waals surface area contributed by atoms with E-state index in [1.807, 2.05) is 65.2 Å². The Kier molecular flexibility index (Phi) is 8.88. The van der Waals surface area contributed by atoms with Gasteiger partial charge in [-0.15, -0.1) is 71.7 Å². The summed E-state index contributed by atoms with van der Waals surface area (Å²) in [6.07, 6.45) is 6.74. The van der Waals surface area contributed by atoms with Crippen LogP contribution in [0.25, 0.3) is 50.3 Å². The van der Waals surface area contributed by atoms with Gasteiger partial charge in [0, 0.05) is 50.5 Å². The quantitative estimate of drug-likeness (QED) is 0.118. The smallest absolute Gasteiger partial charge is 0.503 e. The second kappa shape index (κ2) is 14.2. The first-order valence-corrected chi connectivity index (χ1v) is 14.0. The van der Waals surface area contributed by atoms with E-state index >= 15 is 0 Å². The first-order valence-electron chi connectivity index (χ1n) is 15.0. The van der Waals surface area contributed by atoms with Gasteiger partial charge in [0.2, 0.25) is 5.95 Å². The third-order valence-electron chi connectivity index (χ3n) is 7.01. The van der Waals surface area contributed by atoms with Crippen molar-refractivity contribution in [1.29, 1.82) is 0 Å². The van der Waals surface area contributed by atoms with Crippen LogP contribution in [0.5, 0.6) is 23.0 Å². The Morgan fingerprint density at radius 1 is 0.511 bits per heavy atom. The Morgan fingerprint density at radius 2 is 0.979 bits per heavy atom. The van der Waals surface area contributed by atoms with Crippen molar-refractivity contribution in [2.45, 2.75) is 0 Å². The Hall–Kier alpha value is -4.99. The Balaban J connectivity index is 0.00000208. The summed E-state index contributed by atoms with van der Waals surface area (Å²) in [7, 11) is 0. The Bertz CT molecular complexity index is 2250. The van der Waals surface area contributed by atoms with Crippen LogP contribution >= 0.6 is 0 Å². The third kappa shape index (κ3) is 6.63. The van der Waals surface area contributed by atoms with Gasteiger partial charge < -0.3 is 24.0 Å². The van der Waals surface area contributed by atoms with Crippen LogP contribution in [0.15, 0.2) is 128 Å². The molecule has 0 atom stereocenters. The van der Waals surface area contributed by atoms with Crippen LogP contribution in [0.2, 0.25) is 0 Å². The molecular formula is C38H21N5O2PdPt. The van der Waals surface area contributed by atoms with Crippen LogP contribution in [0.4, 0.5) is 0 Å². The minimum atomic E-state index is 0. The summed E-state index contributed by atoms with van der Waals surface area (Å²) in [5.41, 5.74) is 4.04. The van der Waals surface area contributed by atoms with Gasteiger partial charge in [-0.05, 0) is 29.6 Å². The normalized spacial score (nSPS) is 11.2. The van der Waals surface area contributed by atoms with E-state index in [-0.39, 0.29) is 53.6 Å². The number of ether oxygens (including phenoxy) is 2. The zero-order valence-electron chi connectivity index (χ0n) is 26.2. The number of hydrogen-bond donors (Lipinski definition) is 0. The second-order valence-corrected chi connectivity index (χ2v) is 9.90. The monoisotopic (exact) mass is 882 g/mol. The summed E-state index contributed by atoms with van der Waals surface area (Å²) in [5.74, 6) is 2.00. The molecule has 0 saturated heterocycles. The fourth-order valence-corrected chi connectivity index (χ4v) is 5.03. The molecule has 0 fully saturated rings. The molecule has 0 saturated carbocycles. The molecule has 0 spiro atoms. The van der Waals surface area contributed by atoms with Crippen LogP contribution < -0.4 is 9.47 Å². The molecule has 0 radical (unpaired) electrons. The Morgan fingerprint density at radius 3 is 1.45 bits per heavy atom. The molecule has 0 N–H and O–H groups in total. The van der Waals surface area contributed by atoms with E-state index in [1.165, 1.54) is 0 Å². The number of fused-ring (bicyclic) bond motifs is 3. The number of hydrogen-bond acceptors (Lipinski definition) is 6. The maximum atomic E-state index is 8.32. The van der Waals surface area contributed by atoms with E-state index in [0.29, 0.717) is 62.5 Å². The van der Waals surface area contributed by atoms with Crippen molar-refractivity contribution in [3.63, 3.8) is 0 Å². The van der Waals surface area contributed by atoms with E-state index in [0.717, 1.165) is 10.8 Å². The number of rotatable bonds is 7. The molecule has 9 heteroatoms. The van der Waals surface area contributed by atoms with Crippen molar-refractivity contribution in [2.75, 3.05) is 0 Å². The number of aromatic nitrogens is 5. The summed E-state index contributed by atoms with van der Waals surface area (Å²) >= 11 is 0. The largest absolute Gasteiger partial charge is 2.00 e. The SMILES string of the molecule is [2H]c1cc(Oc2[c-]c3c(cc2)c2ccc(Oc4[c-]c(-c5ccccn5)cc([2H])c4)[c-]c2n3-c2ncccn2)[c-]c(-c2ccccn2)c1.[Pd+2].[Pt+2]. The number of pyridine rings is 2. The van der Waals surface area contributed by atoms with Gasteiger partial charge in [0.25, 0.3) is 0 Å². The molecule has 4 heterocycles. The molecule has 230 valence electrons. The first kappa shape index (κ1) is 29.4. The van der Waals surface area contributed by atoms with Crippen molar-refractivity contribution in [2.24, 2.45) is 0 Å². The number of benzene rings is 4. The summed E-state index contributed by atoms with van der Waals surface area (Å²) < 4.78 is 30.9. The van der Waals surface area contributed by atoms with E-state index in [9.17, 15) is 0 Å². The van der Waals surface area contributed by atoms with Gasteiger partial charge in [-0.25, -0.2) is 9.97 Å². The van der Waals surface area contributed by atoms with Gasteiger partial charge in [-0.3, -0.25) is 0 Å². The molecule has 8 rings (SSSR count). The van der Waals surface area contributed by atoms with Gasteiger partial charge in [-0.1, -0.05) is 47.4 Å². The predicted octanol–water partition coefficient (Wildman–Crippen LogP) is 8.48. The van der Waals surface area contributed by atoms with E-state index in [2.05, 4.69) is 44.2 Å². The van der Waals surface area contributed by atoms with Crippen LogP contribution in [0, 0.1) is 24.3 Å². The molecule has 8 aromatic rings. The van der Waals surface area contributed by atoms with Crippen LogP contribution in [-0.2, 0) is 41.5 Å². The average molecular weight is 883 g/mol. The summed E-state index contributed by atoms with van der Waals surface area (Å²) in [4.78, 5) is 17.8. The summed E-state index contributed by atoms with van der Waals surface area (Å²) in [6, 6.07) is 40.8. The van der Waals surface area contributed by atoms with Crippen LogP contribution in [0.1, 0.15) is 2.74 Å². The maximum absolute atomic E-state index is 8.32. The molecule has 0 aliphatic carbocycles. The van der Waals surface area contributed by atoms with Crippen molar-refractivity contribution in [1.82, 2.24) is 24.5 Å². The fraction of sp³-hybridized carbons (Fsp3) is 0. The third-order valence-corrected chi connectivity index (χ3v) is 7.01.